The first-order valence-corrected chi connectivity index (χ1v) is 6.60. The van der Waals surface area contributed by atoms with Gasteiger partial charge in [-0.05, 0) is 32.5 Å². The van der Waals surface area contributed by atoms with Crippen molar-refractivity contribution < 1.29 is 10.2 Å². The maximum Gasteiger partial charge on any atom is 0.138 e. The molecule has 0 fully saturated rings. The largest absolute Gasteiger partial charge is 0.506 e. The van der Waals surface area contributed by atoms with Gasteiger partial charge >= 0.3 is 0 Å². The van der Waals surface area contributed by atoms with Gasteiger partial charge in [-0.3, -0.25) is 4.90 Å². The third kappa shape index (κ3) is 4.65. The van der Waals surface area contributed by atoms with E-state index in [1.807, 2.05) is 11.8 Å². The normalized spacial score (nSPS) is 12.2. The molecular formula is C13H19Cl2NO2. The molecule has 0 aliphatic heterocycles. The fourth-order valence-electron chi connectivity index (χ4n) is 1.81. The number of nitrogens with zero attached hydrogens (tertiary/aromatic N) is 1. The Balaban J connectivity index is 2.88. The molecule has 1 aromatic carbocycles. The number of aromatic hydroxyl groups is 1. The van der Waals surface area contributed by atoms with Crippen LogP contribution >= 0.6 is 23.2 Å². The summed E-state index contributed by atoms with van der Waals surface area (Å²) in [7, 11) is 0. The van der Waals surface area contributed by atoms with Gasteiger partial charge in [-0.1, -0.05) is 30.1 Å². The van der Waals surface area contributed by atoms with Crippen molar-refractivity contribution in [1.82, 2.24) is 4.90 Å². The van der Waals surface area contributed by atoms with Crippen molar-refractivity contribution in [1.29, 1.82) is 0 Å². The lowest BCUT2D eigenvalue weighted by Crippen LogP contribution is -2.38. The predicted molar refractivity (Wildman–Crippen MR) is 75.4 cm³/mol. The van der Waals surface area contributed by atoms with Gasteiger partial charge in [-0.15, -0.1) is 0 Å². The molecule has 1 aromatic rings. The fourth-order valence-corrected chi connectivity index (χ4v) is 2.34. The van der Waals surface area contributed by atoms with E-state index in [0.29, 0.717) is 23.7 Å². The summed E-state index contributed by atoms with van der Waals surface area (Å²) >= 11 is 11.8. The highest BCUT2D eigenvalue weighted by Crippen LogP contribution is 2.32. The minimum absolute atomic E-state index is 0.0512. The first-order valence-electron chi connectivity index (χ1n) is 5.84. The summed E-state index contributed by atoms with van der Waals surface area (Å²) < 4.78 is 0. The molecule has 102 valence electrons. The smallest absolute Gasteiger partial charge is 0.138 e. The Morgan fingerprint density at radius 1 is 1.28 bits per heavy atom. The molecule has 0 aliphatic rings. The maximum atomic E-state index is 9.88. The van der Waals surface area contributed by atoms with Crippen molar-refractivity contribution in [2.75, 3.05) is 13.1 Å². The van der Waals surface area contributed by atoms with Crippen LogP contribution in [0.25, 0.3) is 0 Å². The van der Waals surface area contributed by atoms with Gasteiger partial charge in [0.1, 0.15) is 5.75 Å². The molecule has 18 heavy (non-hydrogen) atoms. The number of hydrogen-bond acceptors (Lipinski definition) is 3. The minimum Gasteiger partial charge on any atom is -0.506 e. The lowest BCUT2D eigenvalue weighted by molar-refractivity contribution is 0.0351. The van der Waals surface area contributed by atoms with Crippen molar-refractivity contribution in [2.24, 2.45) is 0 Å². The van der Waals surface area contributed by atoms with E-state index in [1.54, 1.807) is 19.9 Å². The van der Waals surface area contributed by atoms with Crippen LogP contribution in [0, 0.1) is 0 Å². The highest BCUT2D eigenvalue weighted by Gasteiger charge is 2.19. The second-order valence-corrected chi connectivity index (χ2v) is 5.85. The molecule has 0 aromatic heterocycles. The van der Waals surface area contributed by atoms with Crippen LogP contribution in [-0.4, -0.2) is 33.8 Å². The second kappa shape index (κ2) is 6.11. The van der Waals surface area contributed by atoms with Gasteiger partial charge in [0.25, 0.3) is 0 Å². The van der Waals surface area contributed by atoms with Crippen LogP contribution in [0.2, 0.25) is 10.0 Å². The quantitative estimate of drug-likeness (QED) is 0.875. The van der Waals surface area contributed by atoms with Crippen molar-refractivity contribution in [3.05, 3.63) is 27.7 Å². The lowest BCUT2D eigenvalue weighted by atomic mass is 10.1. The molecule has 0 heterocycles. The molecule has 2 N–H and O–H groups in total. The van der Waals surface area contributed by atoms with Gasteiger partial charge in [0.15, 0.2) is 0 Å². The van der Waals surface area contributed by atoms with E-state index in [-0.39, 0.29) is 10.8 Å². The Kier molecular flexibility index (Phi) is 5.29. The zero-order chi connectivity index (χ0) is 13.9. The molecule has 1 rings (SSSR count). The predicted octanol–water partition coefficient (Wildman–Crippen LogP) is 3.29. The van der Waals surface area contributed by atoms with Crippen LogP contribution in [0.3, 0.4) is 0 Å². The molecule has 0 unspecified atom stereocenters. The number of aliphatic hydroxyl groups is 1. The van der Waals surface area contributed by atoms with Crippen molar-refractivity contribution in [2.45, 2.75) is 32.9 Å². The van der Waals surface area contributed by atoms with E-state index in [1.165, 1.54) is 6.07 Å². The Labute approximate surface area is 118 Å². The van der Waals surface area contributed by atoms with Crippen LogP contribution in [0.5, 0.6) is 5.75 Å². The number of phenolic OH excluding ortho intramolecular Hbond substituents is 1. The molecule has 0 saturated carbocycles. The van der Waals surface area contributed by atoms with Crippen molar-refractivity contribution in [3.63, 3.8) is 0 Å². The second-order valence-electron chi connectivity index (χ2n) is 5.01. The number of benzene rings is 1. The lowest BCUT2D eigenvalue weighted by Gasteiger charge is -2.28. The molecule has 5 heteroatoms. The molecular weight excluding hydrogens is 273 g/mol. The molecule has 0 atom stereocenters. The van der Waals surface area contributed by atoms with E-state index < -0.39 is 5.60 Å². The Morgan fingerprint density at radius 3 is 2.39 bits per heavy atom. The van der Waals surface area contributed by atoms with Gasteiger partial charge < -0.3 is 10.2 Å². The van der Waals surface area contributed by atoms with Crippen molar-refractivity contribution in [3.8, 4) is 5.75 Å². The molecule has 0 aliphatic carbocycles. The number of halogens is 2. The highest BCUT2D eigenvalue weighted by molar-refractivity contribution is 6.35. The zero-order valence-corrected chi connectivity index (χ0v) is 12.4. The van der Waals surface area contributed by atoms with Crippen molar-refractivity contribution >= 4 is 23.2 Å². The summed E-state index contributed by atoms with van der Waals surface area (Å²) in [6, 6.07) is 3.20. The number of rotatable bonds is 5. The van der Waals surface area contributed by atoms with Crippen LogP contribution in [-0.2, 0) is 6.54 Å². The number of phenols is 1. The molecule has 0 spiro atoms. The van der Waals surface area contributed by atoms with E-state index in [9.17, 15) is 10.2 Å². The first-order chi connectivity index (χ1) is 8.23. The summed E-state index contributed by atoms with van der Waals surface area (Å²) in [6.07, 6.45) is 0. The molecule has 0 bridgehead atoms. The Hall–Kier alpha value is -0.480. The van der Waals surface area contributed by atoms with E-state index in [2.05, 4.69) is 0 Å². The zero-order valence-electron chi connectivity index (χ0n) is 10.9. The summed E-state index contributed by atoms with van der Waals surface area (Å²) in [4.78, 5) is 2.02. The van der Waals surface area contributed by atoms with E-state index in [0.717, 1.165) is 6.54 Å². The standard InChI is InChI=1S/C13H19Cl2NO2/c1-4-16(8-13(2,3)18)7-9-5-10(14)6-11(15)12(9)17/h5-6,17-18H,4,7-8H2,1-3H3. The van der Waals surface area contributed by atoms with Crippen LogP contribution < -0.4 is 0 Å². The average Bonchev–Trinajstić information content (AvgIpc) is 2.22. The third-order valence-electron chi connectivity index (χ3n) is 2.56. The summed E-state index contributed by atoms with van der Waals surface area (Å²) in [5.41, 5.74) is -0.118. The van der Waals surface area contributed by atoms with Crippen LogP contribution in [0.4, 0.5) is 0 Å². The fraction of sp³-hybridized carbons (Fsp3) is 0.538. The molecule has 0 amide bonds. The topological polar surface area (TPSA) is 43.7 Å². The SMILES string of the molecule is CCN(Cc1cc(Cl)cc(Cl)c1O)CC(C)(C)O. The van der Waals surface area contributed by atoms with Gasteiger partial charge in [0, 0.05) is 23.7 Å². The summed E-state index contributed by atoms with van der Waals surface area (Å²) in [5, 5.41) is 20.4. The van der Waals surface area contributed by atoms with Gasteiger partial charge in [0.05, 0.1) is 10.6 Å². The van der Waals surface area contributed by atoms with Crippen LogP contribution in [0.15, 0.2) is 12.1 Å². The minimum atomic E-state index is -0.784. The number of hydrogen-bond donors (Lipinski definition) is 2. The third-order valence-corrected chi connectivity index (χ3v) is 3.07. The summed E-state index contributed by atoms with van der Waals surface area (Å²) in [5.74, 6) is 0.0512. The monoisotopic (exact) mass is 291 g/mol. The average molecular weight is 292 g/mol. The van der Waals surface area contributed by atoms with E-state index >= 15 is 0 Å². The number of likely N-dealkylation sites (N-methyl/N-ethyl adjacent to an activating group) is 1. The maximum absolute atomic E-state index is 9.88. The molecule has 0 saturated heterocycles. The van der Waals surface area contributed by atoms with Crippen LogP contribution in [0.1, 0.15) is 26.3 Å². The van der Waals surface area contributed by atoms with Gasteiger partial charge in [-0.2, -0.15) is 0 Å². The first kappa shape index (κ1) is 15.6. The highest BCUT2D eigenvalue weighted by atomic mass is 35.5. The summed E-state index contributed by atoms with van der Waals surface area (Å²) in [6.45, 7) is 7.25. The Morgan fingerprint density at radius 2 is 1.89 bits per heavy atom. The molecule has 3 nitrogen and oxygen atoms in total. The van der Waals surface area contributed by atoms with Gasteiger partial charge in [0.2, 0.25) is 0 Å². The Bertz CT molecular complexity index is 416. The molecule has 0 radical (unpaired) electrons. The van der Waals surface area contributed by atoms with Gasteiger partial charge in [-0.25, -0.2) is 0 Å². The van der Waals surface area contributed by atoms with E-state index in [4.69, 9.17) is 23.2 Å².